The summed E-state index contributed by atoms with van der Waals surface area (Å²) in [5.41, 5.74) is 15.7. The third-order valence-corrected chi connectivity index (χ3v) is 21.4. The number of likely N-dealkylation sites (N-methyl/N-ethyl adjacent to an activating group) is 3. The molecule has 6 aliphatic heterocycles. The van der Waals surface area contributed by atoms with Crippen LogP contribution in [-0.4, -0.2) is 172 Å². The number of amides is 10. The summed E-state index contributed by atoms with van der Waals surface area (Å²) in [6.45, 7) is 20.9. The Hall–Kier alpha value is -11.4. The van der Waals surface area contributed by atoms with Crippen LogP contribution in [0.25, 0.3) is 4.85 Å². The molecule has 3 saturated heterocycles. The number of halogens is 1. The lowest BCUT2D eigenvalue weighted by Crippen LogP contribution is -2.53. The van der Waals surface area contributed by atoms with Gasteiger partial charge in [-0.15, -0.1) is 12.4 Å². The number of likely N-dealkylation sites (tertiary alicyclic amines) is 2. The SMILES string of the molecule is C.C.CC(C)CC[C@@H](C(=O)N1C[C@]2(C[C@H]1C(N)=O)C(=O)Nc1ccccc12)N(C)C(=O)OCc1ccccc1.CC(C)CC[C@@H](C(=O)O)N(C)C(=O)OCc1ccccc1.Cl.NC(=O)[C@@H]1C[C@@]2(CN1)C(=O)Nc1ccccc12.[C-]#[N+][C@@H]1C[C@@]2(CN1C(=O)[C@H](CCC(C)C)N(C)C(=O)OCc1ccccc1)C(=O)Nc1ccccc12. The summed E-state index contributed by atoms with van der Waals surface area (Å²) in [4.78, 5) is 150. The molecule has 0 radical (unpaired) electrons. The molecule has 6 aromatic rings. The van der Waals surface area contributed by atoms with Crippen LogP contribution in [0.2, 0.25) is 0 Å². The van der Waals surface area contributed by atoms with Gasteiger partial charge < -0.3 is 57.0 Å². The molecule has 0 aromatic heterocycles. The van der Waals surface area contributed by atoms with Crippen molar-refractivity contribution < 1.29 is 72.1 Å². The molecule has 3 spiro atoms. The van der Waals surface area contributed by atoms with E-state index in [1.54, 1.807) is 13.1 Å². The highest BCUT2D eigenvalue weighted by atomic mass is 35.5. The normalized spacial score (nSPS) is 20.2. The lowest BCUT2D eigenvalue weighted by molar-refractivity contribution is -0.143. The van der Waals surface area contributed by atoms with E-state index in [4.69, 9.17) is 32.3 Å². The number of anilines is 3. The Kier molecular flexibility index (Phi) is 32.8. The van der Waals surface area contributed by atoms with E-state index in [9.17, 15) is 57.8 Å². The second-order valence-corrected chi connectivity index (χ2v) is 30.4. The van der Waals surface area contributed by atoms with Gasteiger partial charge in [0.2, 0.25) is 35.4 Å². The molecule has 0 aliphatic carbocycles. The van der Waals surface area contributed by atoms with Gasteiger partial charge >= 0.3 is 30.4 Å². The largest absolute Gasteiger partial charge is 0.480 e. The minimum atomic E-state index is -1.07. The van der Waals surface area contributed by atoms with Crippen LogP contribution in [0.1, 0.15) is 148 Å². The van der Waals surface area contributed by atoms with Gasteiger partial charge in [-0.05, 0) is 121 Å². The quantitative estimate of drug-likeness (QED) is 0.0231. The molecule has 3 fully saturated rings. The van der Waals surface area contributed by atoms with Crippen LogP contribution in [0.3, 0.4) is 0 Å². The van der Waals surface area contributed by atoms with Crippen LogP contribution >= 0.6 is 12.4 Å². The van der Waals surface area contributed by atoms with E-state index < -0.39 is 94.6 Å². The summed E-state index contributed by atoms with van der Waals surface area (Å²) in [7, 11) is 4.55. The smallest absolute Gasteiger partial charge is 0.410 e. The van der Waals surface area contributed by atoms with E-state index in [1.165, 1.54) is 33.7 Å². The molecule has 12 rings (SSSR count). The Bertz CT molecular complexity index is 4400. The van der Waals surface area contributed by atoms with Crippen LogP contribution in [0.5, 0.6) is 0 Å². The summed E-state index contributed by atoms with van der Waals surface area (Å²) < 4.78 is 16.1. The van der Waals surface area contributed by atoms with Crippen LogP contribution in [-0.2, 0) is 88.6 Å². The second kappa shape index (κ2) is 40.9. The van der Waals surface area contributed by atoms with Gasteiger partial charge in [0.25, 0.3) is 5.91 Å². The molecule has 10 amide bonds. The fraction of sp³-hybridized carbons (Fsp3) is 0.442. The van der Waals surface area contributed by atoms with Crippen LogP contribution in [0.4, 0.5) is 31.4 Å². The molecular weight excluding hydrogens is 1480 g/mol. The molecule has 28 heteroatoms. The molecule has 9 N–H and O–H groups in total. The molecule has 6 aliphatic rings. The number of rotatable bonds is 23. The number of ether oxygens (including phenoxy) is 3. The fourth-order valence-electron chi connectivity index (χ4n) is 15.0. The van der Waals surface area contributed by atoms with Gasteiger partial charge in [-0.2, -0.15) is 0 Å². The van der Waals surface area contributed by atoms with E-state index in [0.29, 0.717) is 56.2 Å². The Morgan fingerprint density at radius 1 is 0.474 bits per heavy atom. The van der Waals surface area contributed by atoms with Crippen molar-refractivity contribution >= 4 is 95.1 Å². The zero-order chi connectivity index (χ0) is 80.5. The van der Waals surface area contributed by atoms with E-state index >= 15 is 0 Å². The zero-order valence-electron chi connectivity index (χ0n) is 64.8. The molecule has 9 atom stereocenters. The van der Waals surface area contributed by atoms with Gasteiger partial charge in [0.05, 0.1) is 23.3 Å². The van der Waals surface area contributed by atoms with Crippen molar-refractivity contribution in [1.29, 1.82) is 0 Å². The Labute approximate surface area is 674 Å². The monoisotopic (exact) mass is 1590 g/mol. The molecular formula is C86H111ClN12O15. The van der Waals surface area contributed by atoms with E-state index in [1.807, 2.05) is 185 Å². The number of nitrogens with zero attached hydrogens (tertiary/aromatic N) is 6. The van der Waals surface area contributed by atoms with E-state index in [0.717, 1.165) is 62.5 Å². The van der Waals surface area contributed by atoms with Gasteiger partial charge in [-0.25, -0.2) is 25.8 Å². The first-order chi connectivity index (χ1) is 52.9. The van der Waals surface area contributed by atoms with E-state index in [2.05, 4.69) is 40.0 Å². The van der Waals surface area contributed by atoms with Gasteiger partial charge in [0, 0.05) is 57.8 Å². The van der Waals surface area contributed by atoms with Crippen molar-refractivity contribution in [3.05, 3.63) is 209 Å². The number of carboxylic acids is 1. The first-order valence-corrected chi connectivity index (χ1v) is 37.5. The van der Waals surface area contributed by atoms with E-state index in [-0.39, 0.29) is 103 Å². The van der Waals surface area contributed by atoms with Crippen LogP contribution < -0.4 is 32.7 Å². The van der Waals surface area contributed by atoms with Crippen LogP contribution in [0.15, 0.2) is 164 Å². The molecule has 114 heavy (non-hydrogen) atoms. The molecule has 0 bridgehead atoms. The highest BCUT2D eigenvalue weighted by Crippen LogP contribution is 2.49. The summed E-state index contributed by atoms with van der Waals surface area (Å²) in [5, 5.41) is 20.9. The average Bonchev–Trinajstić information content (AvgIpc) is 1.58. The summed E-state index contributed by atoms with van der Waals surface area (Å²) >= 11 is 0. The number of hydrogen-bond donors (Lipinski definition) is 7. The van der Waals surface area contributed by atoms with Crippen molar-refractivity contribution in [3.8, 4) is 0 Å². The third kappa shape index (κ3) is 21.3. The molecule has 6 heterocycles. The number of primary amides is 2. The first kappa shape index (κ1) is 91.5. The Morgan fingerprint density at radius 2 is 0.798 bits per heavy atom. The van der Waals surface area contributed by atoms with Crippen molar-refractivity contribution in [3.63, 3.8) is 0 Å². The Morgan fingerprint density at radius 3 is 1.15 bits per heavy atom. The summed E-state index contributed by atoms with van der Waals surface area (Å²) in [6.07, 6.45) is 1.49. The van der Waals surface area contributed by atoms with Crippen molar-refractivity contribution in [1.82, 2.24) is 29.8 Å². The fourth-order valence-corrected chi connectivity index (χ4v) is 15.0. The number of para-hydroxylation sites is 3. The predicted molar refractivity (Wildman–Crippen MR) is 437 cm³/mol. The highest BCUT2D eigenvalue weighted by molar-refractivity contribution is 6.10. The van der Waals surface area contributed by atoms with Gasteiger partial charge in [0.1, 0.15) is 49.4 Å². The molecule has 6 aromatic carbocycles. The molecule has 612 valence electrons. The number of carbonyl (C=O) groups excluding carboxylic acids is 10. The maximum atomic E-state index is 14.0. The highest BCUT2D eigenvalue weighted by Gasteiger charge is 2.61. The number of benzene rings is 6. The maximum absolute atomic E-state index is 14.0. The standard InChI is InChI=1S/C28H34N4O5.C28H32N4O4.C16H23NO4.C12H13N3O2.2CH4.ClH/c1-18(2)13-14-22(31(3)27(36)37-16-19-9-5-4-6-10-19)25(34)32-17-28(15-23(32)24(29)33)20-11-7-8-12-21(20)30-26(28)35;1-19(2)14-15-23(31(4)27(35)36-17-20-10-6-5-7-11-20)25(33)32-18-28(16-24(32)29-3)21-12-8-9-13-22(21)30-26(28)34;1-12(2)9-10-14(15(18)19)17(3)16(20)21-11-13-7-5-4-6-8-13;13-10(16)9-5-12(6-14-9)7-3-1-2-4-8(7)15-11(12)17;;;/h4-12,18,22-23H,13-17H2,1-3H3,(H2,29,33)(H,30,35);5-13,19,23-24H,14-18H2,1-2,4H3,(H,30,34);4-8,12,14H,9-11H2,1-3H3,(H,18,19);1-4,9,14H,5-6H2,(H2,13,16)(H,15,17);2*1H4;1H/t22-,23-,28-;23-,24-,28-;14-;9-,12-;;;/m0000.../s1. The van der Waals surface area contributed by atoms with Gasteiger partial charge in [-0.1, -0.05) is 202 Å². The lowest BCUT2D eigenvalue weighted by Gasteiger charge is -2.33. The minimum absolute atomic E-state index is 0. The predicted octanol–water partition coefficient (Wildman–Crippen LogP) is 12.0. The molecule has 0 unspecified atom stereocenters. The average molecular weight is 1590 g/mol. The molecule has 27 nitrogen and oxygen atoms in total. The maximum Gasteiger partial charge on any atom is 0.410 e. The number of carbonyl (C=O) groups is 11. The number of carboxylic acid groups (broad SMARTS) is 1. The van der Waals surface area contributed by atoms with Crippen molar-refractivity contribution in [2.24, 2.45) is 29.2 Å². The zero-order valence-corrected chi connectivity index (χ0v) is 65.6. The lowest BCUT2D eigenvalue weighted by atomic mass is 9.79. The van der Waals surface area contributed by atoms with Gasteiger partial charge in [-0.3, -0.25) is 58.0 Å². The summed E-state index contributed by atoms with van der Waals surface area (Å²) in [6, 6.07) is 46.3. The number of fused-ring (bicyclic) bond motifs is 6. The summed E-state index contributed by atoms with van der Waals surface area (Å²) in [5.74, 6) is -2.34. The molecule has 0 saturated carbocycles. The number of aliphatic carboxylic acids is 1. The number of nitrogens with one attached hydrogen (secondary N) is 4. The van der Waals surface area contributed by atoms with Gasteiger partial charge in [0.15, 0.2) is 0 Å². The number of hydrogen-bond acceptors (Lipinski definition) is 15. The second-order valence-electron chi connectivity index (χ2n) is 30.4. The minimum Gasteiger partial charge on any atom is -0.480 e. The van der Waals surface area contributed by atoms with Crippen molar-refractivity contribution in [2.45, 2.75) is 187 Å². The Balaban J connectivity index is 0.000000245. The first-order valence-electron chi connectivity index (χ1n) is 37.5. The topological polar surface area (TPSA) is 356 Å². The van der Waals surface area contributed by atoms with Crippen molar-refractivity contribution in [2.75, 3.05) is 56.7 Å². The van der Waals surface area contributed by atoms with Crippen LogP contribution in [0, 0.1) is 24.3 Å². The third-order valence-electron chi connectivity index (χ3n) is 21.4. The number of nitrogens with two attached hydrogens (primary N) is 2.